The normalized spacial score (nSPS) is 14.1. The number of ketones is 1. The zero-order valence-corrected chi connectivity index (χ0v) is 11.2. The highest BCUT2D eigenvalue weighted by Crippen LogP contribution is 2.24. The van der Waals surface area contributed by atoms with Crippen molar-refractivity contribution >= 4 is 17.1 Å². The van der Waals surface area contributed by atoms with E-state index in [4.69, 9.17) is 5.73 Å². The Morgan fingerprint density at radius 3 is 2.56 bits per heavy atom. The number of carbonyl (C=O) groups excluding carboxylic acids is 1. The highest BCUT2D eigenvalue weighted by atomic mass is 32.1. The first-order chi connectivity index (χ1) is 8.68. The number of hydrogen-bond acceptors (Lipinski definition) is 3. The van der Waals surface area contributed by atoms with Gasteiger partial charge in [-0.1, -0.05) is 43.3 Å². The van der Waals surface area contributed by atoms with E-state index in [1.807, 2.05) is 35.7 Å². The van der Waals surface area contributed by atoms with Crippen molar-refractivity contribution in [2.75, 3.05) is 0 Å². The third-order valence-corrected chi connectivity index (χ3v) is 4.03. The second kappa shape index (κ2) is 5.94. The van der Waals surface area contributed by atoms with Gasteiger partial charge in [0.05, 0.1) is 6.04 Å². The summed E-state index contributed by atoms with van der Waals surface area (Å²) in [6.07, 6.45) is 0.489. The lowest BCUT2D eigenvalue weighted by Crippen LogP contribution is -2.21. The lowest BCUT2D eigenvalue weighted by Gasteiger charge is -2.14. The third kappa shape index (κ3) is 3.06. The molecular formula is C15H17NOS. The zero-order valence-electron chi connectivity index (χ0n) is 10.4. The van der Waals surface area contributed by atoms with E-state index < -0.39 is 6.04 Å². The number of hydrogen-bond donors (Lipinski definition) is 1. The molecule has 0 saturated heterocycles. The summed E-state index contributed by atoms with van der Waals surface area (Å²) < 4.78 is 0. The molecule has 0 saturated carbocycles. The molecule has 0 amide bonds. The van der Waals surface area contributed by atoms with Crippen LogP contribution in [0.5, 0.6) is 0 Å². The maximum absolute atomic E-state index is 12.1. The molecule has 0 bridgehead atoms. The van der Waals surface area contributed by atoms with Crippen LogP contribution in [-0.4, -0.2) is 5.78 Å². The number of nitrogens with two attached hydrogens (primary N) is 1. The molecule has 0 aliphatic rings. The highest BCUT2D eigenvalue weighted by Gasteiger charge is 2.19. The number of thiophene rings is 1. The maximum Gasteiger partial charge on any atom is 0.155 e. The first-order valence-corrected chi connectivity index (χ1v) is 6.93. The van der Waals surface area contributed by atoms with Crippen LogP contribution in [0.4, 0.5) is 0 Å². The Morgan fingerprint density at radius 1 is 1.22 bits per heavy atom. The van der Waals surface area contributed by atoms with E-state index in [1.165, 1.54) is 16.9 Å². The summed E-state index contributed by atoms with van der Waals surface area (Å²) in [4.78, 5) is 13.1. The van der Waals surface area contributed by atoms with Crippen LogP contribution in [0.15, 0.2) is 47.8 Å². The predicted octanol–water partition coefficient (Wildman–Crippen LogP) is 3.51. The maximum atomic E-state index is 12.1. The van der Waals surface area contributed by atoms with Crippen LogP contribution in [0.25, 0.3) is 0 Å². The van der Waals surface area contributed by atoms with Gasteiger partial charge >= 0.3 is 0 Å². The van der Waals surface area contributed by atoms with Crippen LogP contribution < -0.4 is 5.73 Å². The van der Waals surface area contributed by atoms with Crippen molar-refractivity contribution in [3.8, 4) is 0 Å². The Labute approximate surface area is 111 Å². The summed E-state index contributed by atoms with van der Waals surface area (Å²) in [5, 5.41) is 1.95. The van der Waals surface area contributed by atoms with Crippen molar-refractivity contribution in [2.24, 2.45) is 5.73 Å². The number of rotatable bonds is 5. The minimum Gasteiger partial charge on any atom is -0.317 e. The van der Waals surface area contributed by atoms with Gasteiger partial charge in [0.25, 0.3) is 0 Å². The molecule has 1 heterocycles. The SMILES string of the molecule is CC(CC(=O)C(N)c1cccs1)c1ccccc1. The van der Waals surface area contributed by atoms with Crippen LogP contribution in [0, 0.1) is 0 Å². The van der Waals surface area contributed by atoms with Gasteiger partial charge in [-0.25, -0.2) is 0 Å². The number of Topliss-reactive ketones (excluding diaryl/α,β-unsaturated/α-hetero) is 1. The van der Waals surface area contributed by atoms with Gasteiger partial charge in [0.2, 0.25) is 0 Å². The minimum absolute atomic E-state index is 0.105. The molecule has 2 aromatic rings. The van der Waals surface area contributed by atoms with Gasteiger partial charge in [0.1, 0.15) is 0 Å². The van der Waals surface area contributed by atoms with E-state index in [1.54, 1.807) is 0 Å². The van der Waals surface area contributed by atoms with Crippen LogP contribution in [0.1, 0.15) is 35.7 Å². The average molecular weight is 259 g/mol. The van der Waals surface area contributed by atoms with E-state index in [9.17, 15) is 4.79 Å². The van der Waals surface area contributed by atoms with Gasteiger partial charge in [0.15, 0.2) is 5.78 Å². The molecule has 18 heavy (non-hydrogen) atoms. The number of benzene rings is 1. The summed E-state index contributed by atoms with van der Waals surface area (Å²) in [5.41, 5.74) is 7.15. The van der Waals surface area contributed by atoms with E-state index in [0.29, 0.717) is 6.42 Å². The summed E-state index contributed by atoms with van der Waals surface area (Å²) in [7, 11) is 0. The van der Waals surface area contributed by atoms with Crippen molar-refractivity contribution in [2.45, 2.75) is 25.3 Å². The first-order valence-electron chi connectivity index (χ1n) is 6.05. The molecule has 2 atom stereocenters. The topological polar surface area (TPSA) is 43.1 Å². The van der Waals surface area contributed by atoms with E-state index in [0.717, 1.165) is 4.88 Å². The molecule has 2 unspecified atom stereocenters. The van der Waals surface area contributed by atoms with E-state index in [-0.39, 0.29) is 11.7 Å². The summed E-state index contributed by atoms with van der Waals surface area (Å²) >= 11 is 1.54. The van der Waals surface area contributed by atoms with Crippen molar-refractivity contribution in [1.29, 1.82) is 0 Å². The minimum atomic E-state index is -0.476. The molecule has 1 aromatic carbocycles. The Hall–Kier alpha value is -1.45. The quantitative estimate of drug-likeness (QED) is 0.893. The molecule has 0 aliphatic heterocycles. The lowest BCUT2D eigenvalue weighted by molar-refractivity contribution is -0.120. The van der Waals surface area contributed by atoms with Crippen LogP contribution in [0.2, 0.25) is 0 Å². The fourth-order valence-electron chi connectivity index (χ4n) is 1.96. The fourth-order valence-corrected chi connectivity index (χ4v) is 2.70. The first kappa shape index (κ1) is 13.0. The molecule has 2 rings (SSSR count). The van der Waals surface area contributed by atoms with Crippen molar-refractivity contribution in [3.05, 3.63) is 58.3 Å². The van der Waals surface area contributed by atoms with Gasteiger partial charge in [-0.05, 0) is 22.9 Å². The largest absolute Gasteiger partial charge is 0.317 e. The molecule has 2 N–H and O–H groups in total. The van der Waals surface area contributed by atoms with Gasteiger partial charge in [0, 0.05) is 11.3 Å². The van der Waals surface area contributed by atoms with Crippen molar-refractivity contribution < 1.29 is 4.79 Å². The summed E-state index contributed by atoms with van der Waals surface area (Å²) in [6, 6.07) is 13.4. The predicted molar refractivity (Wildman–Crippen MR) is 75.7 cm³/mol. The monoisotopic (exact) mass is 259 g/mol. The molecule has 1 aromatic heterocycles. The lowest BCUT2D eigenvalue weighted by atomic mass is 9.93. The van der Waals surface area contributed by atoms with Crippen molar-refractivity contribution in [1.82, 2.24) is 0 Å². The zero-order chi connectivity index (χ0) is 13.0. The Bertz CT molecular complexity index is 492. The molecular weight excluding hydrogens is 242 g/mol. The molecule has 2 nitrogen and oxygen atoms in total. The molecule has 0 radical (unpaired) electrons. The average Bonchev–Trinajstić information content (AvgIpc) is 2.92. The Kier molecular flexibility index (Phi) is 4.28. The Balaban J connectivity index is 1.99. The van der Waals surface area contributed by atoms with Gasteiger partial charge in [-0.15, -0.1) is 11.3 Å². The van der Waals surface area contributed by atoms with Gasteiger partial charge in [-0.3, -0.25) is 4.79 Å². The third-order valence-electron chi connectivity index (χ3n) is 3.07. The van der Waals surface area contributed by atoms with Crippen molar-refractivity contribution in [3.63, 3.8) is 0 Å². The van der Waals surface area contributed by atoms with Gasteiger partial charge in [-0.2, -0.15) is 0 Å². The van der Waals surface area contributed by atoms with Crippen LogP contribution in [0.3, 0.4) is 0 Å². The van der Waals surface area contributed by atoms with E-state index in [2.05, 4.69) is 19.1 Å². The standard InChI is InChI=1S/C15H17NOS/c1-11(12-6-3-2-4-7-12)10-13(17)15(16)14-8-5-9-18-14/h2-9,11,15H,10,16H2,1H3. The van der Waals surface area contributed by atoms with E-state index >= 15 is 0 Å². The second-order valence-corrected chi connectivity index (χ2v) is 5.45. The Morgan fingerprint density at radius 2 is 1.94 bits per heavy atom. The fraction of sp³-hybridized carbons (Fsp3) is 0.267. The molecule has 0 fully saturated rings. The van der Waals surface area contributed by atoms with Gasteiger partial charge < -0.3 is 5.73 Å². The number of carbonyl (C=O) groups is 1. The van der Waals surface area contributed by atoms with Crippen LogP contribution >= 0.6 is 11.3 Å². The highest BCUT2D eigenvalue weighted by molar-refractivity contribution is 7.10. The molecule has 94 valence electrons. The molecule has 3 heteroatoms. The summed E-state index contributed by atoms with van der Waals surface area (Å²) in [6.45, 7) is 2.06. The van der Waals surface area contributed by atoms with Crippen LogP contribution in [-0.2, 0) is 4.79 Å². The summed E-state index contributed by atoms with van der Waals surface area (Å²) in [5.74, 6) is 0.318. The second-order valence-electron chi connectivity index (χ2n) is 4.48. The molecule has 0 spiro atoms. The molecule has 0 aliphatic carbocycles. The smallest absolute Gasteiger partial charge is 0.155 e.